The molecule has 0 radical (unpaired) electrons. The van der Waals surface area contributed by atoms with Crippen molar-refractivity contribution in [2.45, 2.75) is 38.5 Å². The molecule has 1 aromatic heterocycles. The van der Waals surface area contributed by atoms with E-state index in [0.717, 1.165) is 32.4 Å². The zero-order valence-electron chi connectivity index (χ0n) is 11.0. The summed E-state index contributed by atoms with van der Waals surface area (Å²) in [5.41, 5.74) is -0.0908. The second kappa shape index (κ2) is 5.48. The van der Waals surface area contributed by atoms with E-state index in [4.69, 9.17) is 4.52 Å². The van der Waals surface area contributed by atoms with Gasteiger partial charge in [0, 0.05) is 13.1 Å². The van der Waals surface area contributed by atoms with Gasteiger partial charge in [-0.25, -0.2) is 0 Å². The number of hydrogen-bond donors (Lipinski definition) is 2. The summed E-state index contributed by atoms with van der Waals surface area (Å²) in [6.07, 6.45) is 3.04. The van der Waals surface area contributed by atoms with Crippen LogP contribution in [0.4, 0.5) is 0 Å². The Hall–Kier alpha value is -1.43. The van der Waals surface area contributed by atoms with E-state index >= 15 is 0 Å². The molecule has 1 saturated heterocycles. The van der Waals surface area contributed by atoms with E-state index in [2.05, 4.69) is 27.7 Å². The highest BCUT2D eigenvalue weighted by atomic mass is 16.5. The Bertz CT molecular complexity index is 410. The van der Waals surface area contributed by atoms with Gasteiger partial charge in [0.2, 0.25) is 5.89 Å². The van der Waals surface area contributed by atoms with Crippen LogP contribution in [-0.4, -0.2) is 35.7 Å². The number of nitrogens with zero attached hydrogens (tertiary/aromatic N) is 2. The highest BCUT2D eigenvalue weighted by Gasteiger charge is 2.40. The number of hydrogen-bond acceptors (Lipinski definition) is 5. The van der Waals surface area contributed by atoms with Crippen molar-refractivity contribution in [2.24, 2.45) is 0 Å². The summed E-state index contributed by atoms with van der Waals surface area (Å²) in [6.45, 7) is 6.36. The highest BCUT2D eigenvalue weighted by molar-refractivity contribution is 5.90. The van der Waals surface area contributed by atoms with Gasteiger partial charge in [-0.2, -0.15) is 4.98 Å². The zero-order chi connectivity index (χ0) is 13.0. The van der Waals surface area contributed by atoms with Crippen molar-refractivity contribution in [3.8, 4) is 0 Å². The molecule has 0 bridgehead atoms. The summed E-state index contributed by atoms with van der Waals surface area (Å²) in [6, 6.07) is 0. The van der Waals surface area contributed by atoms with Crippen LogP contribution in [0.1, 0.15) is 49.6 Å². The summed E-state index contributed by atoms with van der Waals surface area (Å²) >= 11 is 0. The molecule has 1 aliphatic rings. The molecule has 0 aromatic carbocycles. The molecule has 1 atom stereocenters. The molecular weight excluding hydrogens is 232 g/mol. The standard InChI is InChI=1S/C12H20N4O2/c1-3-5-12(6-7-13-8-12)11-15-9(16-18-11)10(17)14-4-2/h13H,3-8H2,1-2H3,(H,14,17). The topological polar surface area (TPSA) is 80.1 Å². The molecular formula is C12H20N4O2. The smallest absolute Gasteiger partial charge is 0.292 e. The van der Waals surface area contributed by atoms with Gasteiger partial charge in [-0.05, 0) is 26.3 Å². The second-order valence-electron chi connectivity index (χ2n) is 4.74. The second-order valence-corrected chi connectivity index (χ2v) is 4.74. The van der Waals surface area contributed by atoms with Gasteiger partial charge in [0.1, 0.15) is 0 Å². The number of nitrogens with one attached hydrogen (secondary N) is 2. The van der Waals surface area contributed by atoms with Gasteiger partial charge in [0.15, 0.2) is 0 Å². The minimum absolute atomic E-state index is 0.0908. The Morgan fingerprint density at radius 1 is 1.56 bits per heavy atom. The predicted molar refractivity (Wildman–Crippen MR) is 66.4 cm³/mol. The summed E-state index contributed by atoms with van der Waals surface area (Å²) < 4.78 is 5.31. The SMILES string of the molecule is CCCC1(c2nc(C(=O)NCC)no2)CCNC1. The van der Waals surface area contributed by atoms with Crippen molar-refractivity contribution >= 4 is 5.91 Å². The molecule has 1 fully saturated rings. The third-order valence-electron chi connectivity index (χ3n) is 3.39. The zero-order valence-corrected chi connectivity index (χ0v) is 11.0. The largest absolute Gasteiger partial charge is 0.349 e. The quantitative estimate of drug-likeness (QED) is 0.812. The van der Waals surface area contributed by atoms with Crippen molar-refractivity contribution in [2.75, 3.05) is 19.6 Å². The fourth-order valence-corrected chi connectivity index (χ4v) is 2.50. The van der Waals surface area contributed by atoms with Crippen LogP contribution >= 0.6 is 0 Å². The number of carbonyl (C=O) groups excluding carboxylic acids is 1. The number of rotatable bonds is 5. The third kappa shape index (κ3) is 2.38. The normalized spacial score (nSPS) is 23.2. The van der Waals surface area contributed by atoms with Crippen molar-refractivity contribution in [3.05, 3.63) is 11.7 Å². The van der Waals surface area contributed by atoms with Crippen LogP contribution in [0, 0.1) is 0 Å². The fourth-order valence-electron chi connectivity index (χ4n) is 2.50. The molecule has 6 nitrogen and oxygen atoms in total. The lowest BCUT2D eigenvalue weighted by molar-refractivity contribution is 0.0942. The lowest BCUT2D eigenvalue weighted by Crippen LogP contribution is -2.30. The molecule has 2 heterocycles. The van der Waals surface area contributed by atoms with Crippen LogP contribution in [0.5, 0.6) is 0 Å². The summed E-state index contributed by atoms with van der Waals surface area (Å²) in [7, 11) is 0. The molecule has 1 unspecified atom stereocenters. The van der Waals surface area contributed by atoms with Gasteiger partial charge < -0.3 is 15.2 Å². The average Bonchev–Trinajstić information content (AvgIpc) is 2.98. The van der Waals surface area contributed by atoms with Crippen LogP contribution in [0.3, 0.4) is 0 Å². The van der Waals surface area contributed by atoms with Crippen molar-refractivity contribution < 1.29 is 9.32 Å². The maximum Gasteiger partial charge on any atom is 0.292 e. The lowest BCUT2D eigenvalue weighted by Gasteiger charge is -2.22. The molecule has 1 aromatic rings. The van der Waals surface area contributed by atoms with Crippen LogP contribution in [0.25, 0.3) is 0 Å². The Balaban J connectivity index is 2.19. The molecule has 0 aliphatic carbocycles. The lowest BCUT2D eigenvalue weighted by atomic mass is 9.82. The number of aromatic nitrogens is 2. The maximum absolute atomic E-state index is 11.6. The highest BCUT2D eigenvalue weighted by Crippen LogP contribution is 2.34. The van der Waals surface area contributed by atoms with Crippen LogP contribution in [0.2, 0.25) is 0 Å². The Kier molecular flexibility index (Phi) is 3.96. The van der Waals surface area contributed by atoms with E-state index in [1.807, 2.05) is 6.92 Å². The molecule has 2 N–H and O–H groups in total. The van der Waals surface area contributed by atoms with E-state index < -0.39 is 0 Å². The molecule has 6 heteroatoms. The third-order valence-corrected chi connectivity index (χ3v) is 3.39. The van der Waals surface area contributed by atoms with Crippen LogP contribution in [-0.2, 0) is 5.41 Å². The van der Waals surface area contributed by atoms with Gasteiger partial charge in [-0.15, -0.1) is 0 Å². The van der Waals surface area contributed by atoms with Crippen molar-refractivity contribution in [3.63, 3.8) is 0 Å². The summed E-state index contributed by atoms with van der Waals surface area (Å²) in [4.78, 5) is 15.9. The first-order valence-corrected chi connectivity index (χ1v) is 6.55. The van der Waals surface area contributed by atoms with Gasteiger partial charge >= 0.3 is 0 Å². The van der Waals surface area contributed by atoms with E-state index in [0.29, 0.717) is 12.4 Å². The van der Waals surface area contributed by atoms with E-state index in [-0.39, 0.29) is 17.1 Å². The van der Waals surface area contributed by atoms with Gasteiger partial charge in [0.05, 0.1) is 5.41 Å². The van der Waals surface area contributed by atoms with E-state index in [1.54, 1.807) is 0 Å². The van der Waals surface area contributed by atoms with Crippen LogP contribution < -0.4 is 10.6 Å². The van der Waals surface area contributed by atoms with Gasteiger partial charge in [-0.3, -0.25) is 4.79 Å². The monoisotopic (exact) mass is 252 g/mol. The van der Waals surface area contributed by atoms with Crippen molar-refractivity contribution in [1.82, 2.24) is 20.8 Å². The van der Waals surface area contributed by atoms with Crippen molar-refractivity contribution in [1.29, 1.82) is 0 Å². The number of carbonyl (C=O) groups is 1. The molecule has 1 amide bonds. The summed E-state index contributed by atoms with van der Waals surface area (Å²) in [5.74, 6) is 0.454. The number of amides is 1. The first-order chi connectivity index (χ1) is 8.72. The van der Waals surface area contributed by atoms with E-state index in [9.17, 15) is 4.79 Å². The molecule has 0 saturated carbocycles. The Morgan fingerprint density at radius 3 is 3.00 bits per heavy atom. The predicted octanol–water partition coefficient (Wildman–Crippen LogP) is 0.850. The van der Waals surface area contributed by atoms with Gasteiger partial charge in [-0.1, -0.05) is 18.5 Å². The molecule has 18 heavy (non-hydrogen) atoms. The Labute approximate surface area is 107 Å². The van der Waals surface area contributed by atoms with Gasteiger partial charge in [0.25, 0.3) is 11.7 Å². The first-order valence-electron chi connectivity index (χ1n) is 6.55. The first kappa shape index (κ1) is 13.0. The minimum atomic E-state index is -0.273. The molecule has 1 aliphatic heterocycles. The molecule has 2 rings (SSSR count). The summed E-state index contributed by atoms with van der Waals surface area (Å²) in [5, 5.41) is 9.78. The fraction of sp³-hybridized carbons (Fsp3) is 0.750. The molecule has 0 spiro atoms. The Morgan fingerprint density at radius 2 is 2.39 bits per heavy atom. The minimum Gasteiger partial charge on any atom is -0.349 e. The molecule has 100 valence electrons. The maximum atomic E-state index is 11.6. The van der Waals surface area contributed by atoms with E-state index in [1.165, 1.54) is 0 Å². The van der Waals surface area contributed by atoms with Crippen LogP contribution in [0.15, 0.2) is 4.52 Å². The average molecular weight is 252 g/mol.